The van der Waals surface area contributed by atoms with Crippen LogP contribution in [-0.2, 0) is 36.9 Å². The molecule has 0 saturated carbocycles. The van der Waals surface area contributed by atoms with Gasteiger partial charge in [0.15, 0.2) is 0 Å². The Hall–Kier alpha value is 0.628. The van der Waals surface area contributed by atoms with Crippen LogP contribution in [0.15, 0.2) is 0 Å². The second-order valence-electron chi connectivity index (χ2n) is 0.983. The standard InChI is InChI=1S/2C2H4O2.Cd.Mg/c2*1-2(3)4;;/h2*1H3,(H,3,4);;/q;;2*+2/p-2. The average molecular weight is 255 g/mol. The number of hydrogen-bond acceptors (Lipinski definition) is 4. The zero-order valence-electron chi connectivity index (χ0n) is 6.05. The van der Waals surface area contributed by atoms with Gasteiger partial charge in [0.05, 0.1) is 0 Å². The van der Waals surface area contributed by atoms with E-state index in [-0.39, 0.29) is 50.4 Å². The fraction of sp³-hybridized carbons (Fsp3) is 0.500. The maximum absolute atomic E-state index is 8.89. The molecule has 0 unspecified atom stereocenters. The van der Waals surface area contributed by atoms with Crippen molar-refractivity contribution < 1.29 is 47.1 Å². The summed E-state index contributed by atoms with van der Waals surface area (Å²) in [5.41, 5.74) is 0. The van der Waals surface area contributed by atoms with Crippen LogP contribution in [0.2, 0.25) is 0 Å². The van der Waals surface area contributed by atoms with Crippen LogP contribution in [0.1, 0.15) is 13.8 Å². The van der Waals surface area contributed by atoms with Crippen LogP contribution in [0.3, 0.4) is 0 Å². The second kappa shape index (κ2) is 16.3. The molecule has 0 aromatic rings. The molecule has 0 atom stereocenters. The number of carbonyl (C=O) groups is 2. The Morgan fingerprint density at radius 3 is 1.00 bits per heavy atom. The van der Waals surface area contributed by atoms with Gasteiger partial charge in [-0.2, -0.15) is 0 Å². The van der Waals surface area contributed by atoms with E-state index in [0.717, 1.165) is 13.8 Å². The number of carbonyl (C=O) groups excluding carboxylic acids is 2. The van der Waals surface area contributed by atoms with Gasteiger partial charge in [-0.3, -0.25) is 0 Å². The average Bonchev–Trinajstić information content (AvgIpc) is 1.25. The molecule has 0 aliphatic rings. The molecule has 0 heterocycles. The molecule has 0 spiro atoms. The van der Waals surface area contributed by atoms with Crippen LogP contribution < -0.4 is 10.2 Å². The zero-order valence-corrected chi connectivity index (χ0v) is 11.5. The van der Waals surface area contributed by atoms with Gasteiger partial charge in [0.2, 0.25) is 0 Å². The minimum atomic E-state index is -1.08. The zero-order chi connectivity index (χ0) is 7.15. The van der Waals surface area contributed by atoms with Gasteiger partial charge >= 0.3 is 50.4 Å². The van der Waals surface area contributed by atoms with Crippen molar-refractivity contribution in [3.63, 3.8) is 0 Å². The van der Waals surface area contributed by atoms with Gasteiger partial charge in [0.1, 0.15) is 0 Å². The summed E-state index contributed by atoms with van der Waals surface area (Å²) in [6, 6.07) is 0. The fourth-order valence-corrected chi connectivity index (χ4v) is 0. The van der Waals surface area contributed by atoms with Crippen molar-refractivity contribution in [2.75, 3.05) is 0 Å². The van der Waals surface area contributed by atoms with E-state index >= 15 is 0 Å². The number of carboxylic acid groups (broad SMARTS) is 2. The first-order valence-corrected chi connectivity index (χ1v) is 1.82. The largest absolute Gasteiger partial charge is 2.00 e. The Balaban J connectivity index is -0.0000000300. The van der Waals surface area contributed by atoms with E-state index in [9.17, 15) is 0 Å². The number of hydrogen-bond donors (Lipinski definition) is 0. The molecule has 4 nitrogen and oxygen atoms in total. The first-order chi connectivity index (χ1) is 3.46. The predicted molar refractivity (Wildman–Crippen MR) is 27.1 cm³/mol. The topological polar surface area (TPSA) is 80.3 Å². The van der Waals surface area contributed by atoms with E-state index in [2.05, 4.69) is 0 Å². The normalized spacial score (nSPS) is 5.00. The van der Waals surface area contributed by atoms with Gasteiger partial charge < -0.3 is 19.8 Å². The van der Waals surface area contributed by atoms with Crippen molar-refractivity contribution in [3.8, 4) is 0 Å². The van der Waals surface area contributed by atoms with E-state index < -0.39 is 11.9 Å². The van der Waals surface area contributed by atoms with Gasteiger partial charge in [-0.25, -0.2) is 0 Å². The van der Waals surface area contributed by atoms with Crippen molar-refractivity contribution >= 4 is 35.0 Å². The number of carboxylic acids is 2. The fourth-order valence-electron chi connectivity index (χ4n) is 0. The molecule has 0 aliphatic heterocycles. The molecule has 48 valence electrons. The van der Waals surface area contributed by atoms with Gasteiger partial charge in [0.25, 0.3) is 0 Å². The van der Waals surface area contributed by atoms with Crippen molar-refractivity contribution in [1.82, 2.24) is 0 Å². The summed E-state index contributed by atoms with van der Waals surface area (Å²) in [5, 5.41) is 17.8. The minimum Gasteiger partial charge on any atom is -0.550 e. The third-order valence-electron chi connectivity index (χ3n) is 0. The van der Waals surface area contributed by atoms with Crippen molar-refractivity contribution in [1.29, 1.82) is 0 Å². The first kappa shape index (κ1) is 22.4. The summed E-state index contributed by atoms with van der Waals surface area (Å²) in [6.45, 7) is 1.94. The summed E-state index contributed by atoms with van der Waals surface area (Å²) in [4.78, 5) is 17.8. The van der Waals surface area contributed by atoms with E-state index in [0.29, 0.717) is 0 Å². The Morgan fingerprint density at radius 2 is 1.00 bits per heavy atom. The van der Waals surface area contributed by atoms with Gasteiger partial charge in [-0.1, -0.05) is 0 Å². The molecule has 10 heavy (non-hydrogen) atoms. The van der Waals surface area contributed by atoms with E-state index in [4.69, 9.17) is 19.8 Å². The summed E-state index contributed by atoms with van der Waals surface area (Å²) in [5.74, 6) is -2.17. The van der Waals surface area contributed by atoms with E-state index in [1.165, 1.54) is 0 Å². The molecule has 0 rings (SSSR count). The molecule has 0 aromatic carbocycles. The maximum Gasteiger partial charge on any atom is 2.00 e. The first-order valence-electron chi connectivity index (χ1n) is 1.82. The Bertz CT molecular complexity index is 75.3. The molecule has 6 heteroatoms. The third-order valence-corrected chi connectivity index (χ3v) is 0. The SMILES string of the molecule is CC(=O)[O-].CC(=O)[O-].[Cd+2].[Mg+2]. The van der Waals surface area contributed by atoms with Crippen molar-refractivity contribution in [2.45, 2.75) is 13.8 Å². The van der Waals surface area contributed by atoms with E-state index in [1.54, 1.807) is 0 Å². The molecule has 0 amide bonds. The van der Waals surface area contributed by atoms with Crippen molar-refractivity contribution in [3.05, 3.63) is 0 Å². The quantitative estimate of drug-likeness (QED) is 0.435. The minimum absolute atomic E-state index is 0. The summed E-state index contributed by atoms with van der Waals surface area (Å²) >= 11 is 0. The summed E-state index contributed by atoms with van der Waals surface area (Å²) in [6.07, 6.45) is 0. The molecule has 0 fully saturated rings. The molecule has 0 bridgehead atoms. The van der Waals surface area contributed by atoms with Crippen LogP contribution >= 0.6 is 0 Å². The maximum atomic E-state index is 8.89. The second-order valence-corrected chi connectivity index (χ2v) is 0.983. The Labute approximate surface area is 95.3 Å². The number of aliphatic carboxylic acids is 2. The smallest absolute Gasteiger partial charge is 0.550 e. The Kier molecular flexibility index (Phi) is 36.6. The van der Waals surface area contributed by atoms with Gasteiger partial charge in [-0.15, -0.1) is 0 Å². The van der Waals surface area contributed by atoms with Crippen LogP contribution in [0, 0.1) is 0 Å². The van der Waals surface area contributed by atoms with E-state index in [1.807, 2.05) is 0 Å². The number of rotatable bonds is 0. The summed E-state index contributed by atoms with van der Waals surface area (Å²) in [7, 11) is 0. The van der Waals surface area contributed by atoms with Crippen LogP contribution in [-0.4, -0.2) is 35.0 Å². The van der Waals surface area contributed by atoms with Crippen LogP contribution in [0.25, 0.3) is 0 Å². The monoisotopic (exact) mass is 256 g/mol. The molecule has 0 saturated heterocycles. The molecular weight excluding hydrogens is 249 g/mol. The summed E-state index contributed by atoms with van der Waals surface area (Å²) < 4.78 is 0. The van der Waals surface area contributed by atoms with Crippen molar-refractivity contribution in [2.24, 2.45) is 0 Å². The molecule has 0 radical (unpaired) electrons. The molecule has 0 aromatic heterocycles. The molecular formula is C4H6CdMgO4+2. The van der Waals surface area contributed by atoms with Gasteiger partial charge in [-0.05, 0) is 13.8 Å². The molecule has 0 N–H and O–H groups in total. The van der Waals surface area contributed by atoms with Crippen LogP contribution in [0.4, 0.5) is 0 Å². The third kappa shape index (κ3) is 1270. The molecule has 0 aliphatic carbocycles. The Morgan fingerprint density at radius 1 is 1.00 bits per heavy atom. The van der Waals surface area contributed by atoms with Gasteiger partial charge in [0, 0.05) is 11.9 Å². The van der Waals surface area contributed by atoms with Crippen LogP contribution in [0.5, 0.6) is 0 Å². The predicted octanol–water partition coefficient (Wildman–Crippen LogP) is -2.87.